The van der Waals surface area contributed by atoms with E-state index >= 15 is 0 Å². The minimum absolute atomic E-state index is 0.122. The molecule has 0 aromatic heterocycles. The summed E-state index contributed by atoms with van der Waals surface area (Å²) < 4.78 is 0. The zero-order chi connectivity index (χ0) is 22.2. The van der Waals surface area contributed by atoms with Crippen molar-refractivity contribution in [3.63, 3.8) is 0 Å². The van der Waals surface area contributed by atoms with Crippen LogP contribution in [0, 0.1) is 11.3 Å². The van der Waals surface area contributed by atoms with E-state index in [9.17, 15) is 9.90 Å². The Morgan fingerprint density at radius 1 is 1.07 bits per heavy atom. The van der Waals surface area contributed by atoms with E-state index in [1.165, 1.54) is 12.1 Å². The first-order valence-electron chi connectivity index (χ1n) is 10.5. The minimum Gasteiger partial charge on any atom is -0.508 e. The zero-order valence-corrected chi connectivity index (χ0v) is 19.5. The predicted octanol–water partition coefficient (Wildman–Crippen LogP) is 4.51. The molecule has 4 N–H and O–H groups in total. The Hall–Kier alpha value is -1.59. The third-order valence-electron chi connectivity index (χ3n) is 3.47. The predicted molar refractivity (Wildman–Crippen MR) is 122 cm³/mol. The van der Waals surface area contributed by atoms with Gasteiger partial charge in [0.2, 0.25) is 0 Å². The molecule has 5 nitrogen and oxygen atoms in total. The molecule has 0 heterocycles. The van der Waals surface area contributed by atoms with Crippen molar-refractivity contribution in [1.29, 1.82) is 0 Å². The summed E-state index contributed by atoms with van der Waals surface area (Å²) in [5, 5.41) is 12.1. The van der Waals surface area contributed by atoms with E-state index in [0.717, 1.165) is 32.0 Å². The second kappa shape index (κ2) is 16.4. The molecule has 1 rings (SSSR count). The monoisotopic (exact) mass is 395 g/mol. The number of benzene rings is 1. The van der Waals surface area contributed by atoms with E-state index < -0.39 is 0 Å². The number of phenols is 1. The number of carbonyl (C=O) groups excluding carboxylic acids is 1. The SMILES string of the molecule is CC.CC(C)(C)CCN(CCN)CCNC(=O)c1ccc(O)cc1.CC(C)C. The fraction of sp³-hybridized carbons (Fsp3) is 0.696. The van der Waals surface area contributed by atoms with E-state index in [2.05, 4.69) is 51.8 Å². The van der Waals surface area contributed by atoms with Gasteiger partial charge in [0.25, 0.3) is 5.91 Å². The van der Waals surface area contributed by atoms with Crippen LogP contribution in [0.2, 0.25) is 0 Å². The van der Waals surface area contributed by atoms with Gasteiger partial charge in [-0.15, -0.1) is 0 Å². The van der Waals surface area contributed by atoms with E-state index in [1.807, 2.05) is 13.8 Å². The molecule has 5 heteroatoms. The molecule has 0 aliphatic carbocycles. The van der Waals surface area contributed by atoms with Crippen LogP contribution in [0.3, 0.4) is 0 Å². The first-order chi connectivity index (χ1) is 13.0. The van der Waals surface area contributed by atoms with Gasteiger partial charge in [0.1, 0.15) is 5.75 Å². The van der Waals surface area contributed by atoms with Crippen LogP contribution in [-0.4, -0.2) is 48.6 Å². The number of nitrogens with zero attached hydrogens (tertiary/aromatic N) is 1. The molecule has 164 valence electrons. The average Bonchev–Trinajstić information content (AvgIpc) is 2.60. The van der Waals surface area contributed by atoms with Crippen LogP contribution in [0.25, 0.3) is 0 Å². The largest absolute Gasteiger partial charge is 0.508 e. The molecule has 0 unspecified atom stereocenters. The van der Waals surface area contributed by atoms with Crippen LogP contribution in [-0.2, 0) is 0 Å². The quantitative estimate of drug-likeness (QED) is 0.605. The molecule has 0 bridgehead atoms. The van der Waals surface area contributed by atoms with Crippen molar-refractivity contribution < 1.29 is 9.90 Å². The summed E-state index contributed by atoms with van der Waals surface area (Å²) in [4.78, 5) is 14.3. The lowest BCUT2D eigenvalue weighted by Crippen LogP contribution is -2.38. The lowest BCUT2D eigenvalue weighted by Gasteiger charge is -2.26. The van der Waals surface area contributed by atoms with Crippen LogP contribution < -0.4 is 11.1 Å². The molecule has 1 aromatic carbocycles. The molecule has 0 spiro atoms. The van der Waals surface area contributed by atoms with E-state index in [1.54, 1.807) is 12.1 Å². The Morgan fingerprint density at radius 2 is 1.57 bits per heavy atom. The summed E-state index contributed by atoms with van der Waals surface area (Å²) in [5.41, 5.74) is 6.50. The number of rotatable bonds is 8. The van der Waals surface area contributed by atoms with Gasteiger partial charge in [-0.25, -0.2) is 0 Å². The van der Waals surface area contributed by atoms with E-state index in [0.29, 0.717) is 24.1 Å². The Labute approximate surface area is 173 Å². The molecule has 0 aliphatic rings. The Kier molecular flexibility index (Phi) is 16.7. The molecule has 0 atom stereocenters. The molecule has 28 heavy (non-hydrogen) atoms. The van der Waals surface area contributed by atoms with Crippen molar-refractivity contribution in [2.45, 2.75) is 61.8 Å². The van der Waals surface area contributed by atoms with Gasteiger partial charge >= 0.3 is 0 Å². The smallest absolute Gasteiger partial charge is 0.251 e. The molecular formula is C23H45N3O2. The third-order valence-corrected chi connectivity index (χ3v) is 3.47. The summed E-state index contributed by atoms with van der Waals surface area (Å²) in [5.74, 6) is 0.872. The maximum atomic E-state index is 12.0. The minimum atomic E-state index is -0.122. The second-order valence-electron chi connectivity index (χ2n) is 8.48. The van der Waals surface area contributed by atoms with Crippen molar-refractivity contribution in [3.8, 4) is 5.75 Å². The van der Waals surface area contributed by atoms with Crippen LogP contribution in [0.5, 0.6) is 5.75 Å². The Balaban J connectivity index is 0. The van der Waals surface area contributed by atoms with Crippen LogP contribution in [0.4, 0.5) is 0 Å². The van der Waals surface area contributed by atoms with Crippen molar-refractivity contribution >= 4 is 5.91 Å². The Bertz CT molecular complexity index is 491. The van der Waals surface area contributed by atoms with Crippen molar-refractivity contribution in [1.82, 2.24) is 10.2 Å². The van der Waals surface area contributed by atoms with Crippen molar-refractivity contribution in [2.75, 3.05) is 32.7 Å². The van der Waals surface area contributed by atoms with Crippen molar-refractivity contribution in [3.05, 3.63) is 29.8 Å². The second-order valence-corrected chi connectivity index (χ2v) is 8.48. The maximum Gasteiger partial charge on any atom is 0.251 e. The highest BCUT2D eigenvalue weighted by molar-refractivity contribution is 5.94. The number of phenolic OH excluding ortho intramolecular Hbond substituents is 1. The lowest BCUT2D eigenvalue weighted by molar-refractivity contribution is 0.0947. The topological polar surface area (TPSA) is 78.6 Å². The third kappa shape index (κ3) is 17.8. The highest BCUT2D eigenvalue weighted by atomic mass is 16.3. The lowest BCUT2D eigenvalue weighted by atomic mass is 9.92. The van der Waals surface area contributed by atoms with Crippen LogP contribution in [0.15, 0.2) is 24.3 Å². The first kappa shape index (κ1) is 28.6. The highest BCUT2D eigenvalue weighted by Gasteiger charge is 2.13. The number of hydrogen-bond donors (Lipinski definition) is 3. The molecule has 1 amide bonds. The fourth-order valence-corrected chi connectivity index (χ4v) is 2.05. The van der Waals surface area contributed by atoms with Gasteiger partial charge in [0.15, 0.2) is 0 Å². The van der Waals surface area contributed by atoms with Gasteiger partial charge < -0.3 is 21.1 Å². The zero-order valence-electron chi connectivity index (χ0n) is 19.5. The molecule has 0 saturated carbocycles. The van der Waals surface area contributed by atoms with Gasteiger partial charge in [0.05, 0.1) is 0 Å². The summed E-state index contributed by atoms with van der Waals surface area (Å²) in [6.07, 6.45) is 1.10. The number of nitrogens with two attached hydrogens (primary N) is 1. The summed E-state index contributed by atoms with van der Waals surface area (Å²) in [7, 11) is 0. The molecule has 0 aliphatic heterocycles. The number of carbonyl (C=O) groups is 1. The number of hydrogen-bond acceptors (Lipinski definition) is 4. The summed E-state index contributed by atoms with van der Waals surface area (Å²) >= 11 is 0. The van der Waals surface area contributed by atoms with Gasteiger partial charge in [-0.2, -0.15) is 0 Å². The van der Waals surface area contributed by atoms with E-state index in [4.69, 9.17) is 5.73 Å². The molecule has 0 fully saturated rings. The van der Waals surface area contributed by atoms with E-state index in [-0.39, 0.29) is 11.7 Å². The molecule has 1 aromatic rings. The van der Waals surface area contributed by atoms with Crippen molar-refractivity contribution in [2.24, 2.45) is 17.1 Å². The summed E-state index contributed by atoms with van der Waals surface area (Å²) in [6.45, 7) is 21.0. The standard InChI is InChI=1S/C17H29N3O2.C4H10.C2H6/c1-17(2,3)8-11-20(12-9-18)13-10-19-16(22)14-4-6-15(21)7-5-14;1-4(2)3;1-2/h4-7,21H,8-13,18H2,1-3H3,(H,19,22);4H,1-3H3;1-2H3. The van der Waals surface area contributed by atoms with Gasteiger partial charge in [0, 0.05) is 31.7 Å². The number of aromatic hydroxyl groups is 1. The van der Waals surface area contributed by atoms with Crippen LogP contribution >= 0.6 is 0 Å². The fourth-order valence-electron chi connectivity index (χ4n) is 2.05. The maximum absolute atomic E-state index is 12.0. The summed E-state index contributed by atoms with van der Waals surface area (Å²) in [6, 6.07) is 6.25. The first-order valence-corrected chi connectivity index (χ1v) is 10.5. The van der Waals surface area contributed by atoms with Gasteiger partial charge in [-0.1, -0.05) is 55.4 Å². The average molecular weight is 396 g/mol. The van der Waals surface area contributed by atoms with Gasteiger partial charge in [-0.05, 0) is 48.6 Å². The highest BCUT2D eigenvalue weighted by Crippen LogP contribution is 2.18. The Morgan fingerprint density at radius 3 is 2.00 bits per heavy atom. The molecule has 0 radical (unpaired) electrons. The molecular weight excluding hydrogens is 350 g/mol. The number of nitrogens with one attached hydrogen (secondary N) is 1. The molecule has 0 saturated heterocycles. The van der Waals surface area contributed by atoms with Gasteiger partial charge in [-0.3, -0.25) is 4.79 Å². The van der Waals surface area contributed by atoms with Crippen LogP contribution in [0.1, 0.15) is 72.2 Å². The number of amides is 1. The normalized spacial score (nSPS) is 10.7.